The number of thiophene rings is 1. The molecule has 0 amide bonds. The Morgan fingerprint density at radius 1 is 1.50 bits per heavy atom. The van der Waals surface area contributed by atoms with Gasteiger partial charge in [-0.2, -0.15) is 0 Å². The van der Waals surface area contributed by atoms with Crippen LogP contribution in [0.25, 0.3) is 0 Å². The van der Waals surface area contributed by atoms with E-state index in [1.54, 1.807) is 17.4 Å². The summed E-state index contributed by atoms with van der Waals surface area (Å²) in [6.07, 6.45) is 1.42. The molecular formula is C13H15NO3S. The highest BCUT2D eigenvalue weighted by atomic mass is 32.1. The predicted octanol–water partition coefficient (Wildman–Crippen LogP) is 2.73. The second-order valence-electron chi connectivity index (χ2n) is 3.92. The van der Waals surface area contributed by atoms with Gasteiger partial charge in [0.05, 0.1) is 19.2 Å². The molecule has 0 unspecified atom stereocenters. The number of carbonyl (C=O) groups excluding carboxylic acids is 1. The quantitative estimate of drug-likeness (QED) is 0.845. The van der Waals surface area contributed by atoms with Crippen molar-refractivity contribution in [2.45, 2.75) is 20.0 Å². The average molecular weight is 265 g/mol. The molecule has 0 aliphatic carbocycles. The fourth-order valence-electron chi connectivity index (χ4n) is 1.58. The molecule has 2 rings (SSSR count). The van der Waals surface area contributed by atoms with E-state index in [0.29, 0.717) is 12.1 Å². The lowest BCUT2D eigenvalue weighted by atomic mass is 10.3. The molecule has 18 heavy (non-hydrogen) atoms. The third-order valence-corrected chi connectivity index (χ3v) is 3.65. The van der Waals surface area contributed by atoms with E-state index in [1.165, 1.54) is 23.8 Å². The van der Waals surface area contributed by atoms with Gasteiger partial charge in [0.1, 0.15) is 12.0 Å². The maximum absolute atomic E-state index is 11.2. The van der Waals surface area contributed by atoms with Crippen LogP contribution in [-0.4, -0.2) is 13.1 Å². The first-order valence-electron chi connectivity index (χ1n) is 5.60. The molecule has 0 aliphatic heterocycles. The zero-order chi connectivity index (χ0) is 13.0. The number of nitrogens with one attached hydrogen (secondary N) is 1. The molecule has 2 heterocycles. The molecule has 0 radical (unpaired) electrons. The Labute approximate surface area is 110 Å². The third kappa shape index (κ3) is 3.00. The van der Waals surface area contributed by atoms with Gasteiger partial charge < -0.3 is 14.5 Å². The first-order chi connectivity index (χ1) is 8.70. The van der Waals surface area contributed by atoms with E-state index in [4.69, 9.17) is 4.42 Å². The summed E-state index contributed by atoms with van der Waals surface area (Å²) < 4.78 is 9.89. The van der Waals surface area contributed by atoms with Crippen LogP contribution < -0.4 is 5.32 Å². The summed E-state index contributed by atoms with van der Waals surface area (Å²) in [7, 11) is 1.35. The van der Waals surface area contributed by atoms with Crippen molar-refractivity contribution in [3.05, 3.63) is 45.5 Å². The molecule has 96 valence electrons. The molecular weight excluding hydrogens is 250 g/mol. The van der Waals surface area contributed by atoms with E-state index >= 15 is 0 Å². The summed E-state index contributed by atoms with van der Waals surface area (Å²) in [4.78, 5) is 12.5. The van der Waals surface area contributed by atoms with Crippen molar-refractivity contribution in [2.75, 3.05) is 7.11 Å². The minimum absolute atomic E-state index is 0.376. The van der Waals surface area contributed by atoms with Gasteiger partial charge in [0, 0.05) is 11.4 Å². The first kappa shape index (κ1) is 12.9. The number of methoxy groups -OCH3 is 1. The zero-order valence-electron chi connectivity index (χ0n) is 10.4. The van der Waals surface area contributed by atoms with E-state index < -0.39 is 0 Å². The van der Waals surface area contributed by atoms with Gasteiger partial charge in [-0.1, -0.05) is 0 Å². The molecule has 0 fully saturated rings. The molecule has 2 aromatic rings. The lowest BCUT2D eigenvalue weighted by Crippen LogP contribution is -2.11. The largest absolute Gasteiger partial charge is 0.467 e. The molecule has 0 aliphatic rings. The van der Waals surface area contributed by atoms with Crippen molar-refractivity contribution in [2.24, 2.45) is 0 Å². The summed E-state index contributed by atoms with van der Waals surface area (Å²) >= 11 is 1.73. The maximum Gasteiger partial charge on any atom is 0.341 e. The number of rotatable bonds is 5. The summed E-state index contributed by atoms with van der Waals surface area (Å²) in [5, 5.41) is 5.36. The van der Waals surface area contributed by atoms with Crippen LogP contribution in [0.1, 0.15) is 26.6 Å². The highest BCUT2D eigenvalue weighted by Crippen LogP contribution is 2.15. The van der Waals surface area contributed by atoms with E-state index in [0.717, 1.165) is 12.3 Å². The molecule has 2 aromatic heterocycles. The second-order valence-corrected chi connectivity index (χ2v) is 4.92. The van der Waals surface area contributed by atoms with E-state index in [2.05, 4.69) is 28.4 Å². The van der Waals surface area contributed by atoms with Gasteiger partial charge in [0.25, 0.3) is 0 Å². The fourth-order valence-corrected chi connectivity index (χ4v) is 2.46. The van der Waals surface area contributed by atoms with Gasteiger partial charge in [-0.15, -0.1) is 11.3 Å². The summed E-state index contributed by atoms with van der Waals surface area (Å²) in [5.74, 6) is 0.351. The SMILES string of the molecule is COC(=O)c1coc(CNCc2sccc2C)c1. The fraction of sp³-hybridized carbons (Fsp3) is 0.308. The van der Waals surface area contributed by atoms with E-state index in [-0.39, 0.29) is 5.97 Å². The number of carbonyl (C=O) groups is 1. The average Bonchev–Trinajstić information content (AvgIpc) is 2.99. The number of hydrogen-bond acceptors (Lipinski definition) is 5. The Morgan fingerprint density at radius 2 is 2.33 bits per heavy atom. The Hall–Kier alpha value is -1.59. The van der Waals surface area contributed by atoms with Gasteiger partial charge in [-0.3, -0.25) is 0 Å². The van der Waals surface area contributed by atoms with Crippen LogP contribution in [0.2, 0.25) is 0 Å². The van der Waals surface area contributed by atoms with Crippen molar-refractivity contribution in [1.82, 2.24) is 5.32 Å². The van der Waals surface area contributed by atoms with Crippen LogP contribution >= 0.6 is 11.3 Å². The Morgan fingerprint density at radius 3 is 3.00 bits per heavy atom. The van der Waals surface area contributed by atoms with Crippen molar-refractivity contribution in [1.29, 1.82) is 0 Å². The van der Waals surface area contributed by atoms with Gasteiger partial charge >= 0.3 is 5.97 Å². The van der Waals surface area contributed by atoms with Gasteiger partial charge in [0.15, 0.2) is 0 Å². The minimum atomic E-state index is -0.376. The van der Waals surface area contributed by atoms with Crippen LogP contribution in [0.3, 0.4) is 0 Å². The molecule has 1 N–H and O–H groups in total. The standard InChI is InChI=1S/C13H15NO3S/c1-9-3-4-18-12(9)7-14-6-11-5-10(8-17-11)13(15)16-2/h3-5,8,14H,6-7H2,1-2H3. The Balaban J connectivity index is 1.85. The number of ether oxygens (including phenoxy) is 1. The van der Waals surface area contributed by atoms with E-state index in [1.807, 2.05) is 0 Å². The normalized spacial score (nSPS) is 10.6. The van der Waals surface area contributed by atoms with Crippen molar-refractivity contribution < 1.29 is 13.9 Å². The topological polar surface area (TPSA) is 51.5 Å². The monoisotopic (exact) mass is 265 g/mol. The summed E-state index contributed by atoms with van der Waals surface area (Å²) in [6, 6.07) is 3.80. The lowest BCUT2D eigenvalue weighted by molar-refractivity contribution is 0.0600. The van der Waals surface area contributed by atoms with Crippen LogP contribution in [-0.2, 0) is 17.8 Å². The molecule has 5 heteroatoms. The highest BCUT2D eigenvalue weighted by Gasteiger charge is 2.09. The Bertz CT molecular complexity index is 530. The molecule has 0 saturated carbocycles. The van der Waals surface area contributed by atoms with Crippen molar-refractivity contribution >= 4 is 17.3 Å². The molecule has 0 spiro atoms. The van der Waals surface area contributed by atoms with Gasteiger partial charge in [-0.05, 0) is 30.0 Å². The summed E-state index contributed by atoms with van der Waals surface area (Å²) in [5.41, 5.74) is 1.74. The molecule has 4 nitrogen and oxygen atoms in total. The molecule has 0 atom stereocenters. The number of furan rings is 1. The second kappa shape index (κ2) is 5.84. The number of esters is 1. The van der Waals surface area contributed by atoms with Crippen molar-refractivity contribution in [3.63, 3.8) is 0 Å². The van der Waals surface area contributed by atoms with Crippen LogP contribution in [0, 0.1) is 6.92 Å². The third-order valence-electron chi connectivity index (χ3n) is 2.63. The highest BCUT2D eigenvalue weighted by molar-refractivity contribution is 7.10. The zero-order valence-corrected chi connectivity index (χ0v) is 11.2. The van der Waals surface area contributed by atoms with Crippen LogP contribution in [0.15, 0.2) is 28.2 Å². The van der Waals surface area contributed by atoms with Crippen LogP contribution in [0.5, 0.6) is 0 Å². The number of aryl methyl sites for hydroxylation is 1. The minimum Gasteiger partial charge on any atom is -0.467 e. The van der Waals surface area contributed by atoms with E-state index in [9.17, 15) is 4.79 Å². The molecule has 0 bridgehead atoms. The maximum atomic E-state index is 11.2. The van der Waals surface area contributed by atoms with Gasteiger partial charge in [0.2, 0.25) is 0 Å². The smallest absolute Gasteiger partial charge is 0.341 e. The first-order valence-corrected chi connectivity index (χ1v) is 6.48. The molecule has 0 saturated heterocycles. The lowest BCUT2D eigenvalue weighted by Gasteiger charge is -2.01. The Kier molecular flexibility index (Phi) is 4.17. The predicted molar refractivity (Wildman–Crippen MR) is 69.6 cm³/mol. The molecule has 0 aromatic carbocycles. The summed E-state index contributed by atoms with van der Waals surface area (Å²) in [6.45, 7) is 3.49. The van der Waals surface area contributed by atoms with Crippen LogP contribution in [0.4, 0.5) is 0 Å². The van der Waals surface area contributed by atoms with Gasteiger partial charge in [-0.25, -0.2) is 4.79 Å². The number of hydrogen-bond donors (Lipinski definition) is 1. The van der Waals surface area contributed by atoms with Crippen molar-refractivity contribution in [3.8, 4) is 0 Å².